The zero-order valence-corrected chi connectivity index (χ0v) is 15.2. The third-order valence-corrected chi connectivity index (χ3v) is 4.15. The second-order valence-corrected chi connectivity index (χ2v) is 5.63. The molecule has 0 saturated carbocycles. The lowest BCUT2D eigenvalue weighted by molar-refractivity contribution is 0.550. The van der Waals surface area contributed by atoms with Crippen molar-refractivity contribution < 1.29 is 8.78 Å². The third kappa shape index (κ3) is 3.67. The predicted molar refractivity (Wildman–Crippen MR) is 102 cm³/mol. The van der Waals surface area contributed by atoms with Gasteiger partial charge in [0.1, 0.15) is 11.6 Å². The summed E-state index contributed by atoms with van der Waals surface area (Å²) in [6.45, 7) is 7.89. The van der Waals surface area contributed by atoms with Crippen molar-refractivity contribution >= 4 is 22.9 Å². The van der Waals surface area contributed by atoms with Crippen LogP contribution in [-0.4, -0.2) is 11.9 Å². The van der Waals surface area contributed by atoms with Gasteiger partial charge in [-0.3, -0.25) is 0 Å². The molecule has 1 aliphatic rings. The first-order valence-corrected chi connectivity index (χ1v) is 8.42. The number of likely N-dealkylation sites (N-methyl/N-ethyl adjacent to an activating group) is 1. The first kappa shape index (κ1) is 18.9. The van der Waals surface area contributed by atoms with Crippen molar-refractivity contribution in [2.75, 3.05) is 7.05 Å². The summed E-state index contributed by atoms with van der Waals surface area (Å²) in [4.78, 5) is 1.62. The second kappa shape index (κ2) is 8.13. The summed E-state index contributed by atoms with van der Waals surface area (Å²) in [5.41, 5.74) is 2.28. The van der Waals surface area contributed by atoms with Crippen LogP contribution in [0.25, 0.3) is 11.3 Å². The molecule has 0 bridgehead atoms. The number of benzene rings is 2. The summed E-state index contributed by atoms with van der Waals surface area (Å²) in [5, 5.41) is 0.437. The Morgan fingerprint density at radius 1 is 0.920 bits per heavy atom. The standard InChI is InChI=1S/C19H14ClF2N.C2H6/c1-12-15(20)11-14(13-7-4-3-5-8-13)19(23(12)2)18-16(21)9-6-10-17(18)22;1-2/h3-11H,1H2,2H3;1-2H3. The van der Waals surface area contributed by atoms with Crippen LogP contribution in [0.2, 0.25) is 0 Å². The Hall–Kier alpha value is -2.39. The lowest BCUT2D eigenvalue weighted by Gasteiger charge is -2.31. The fraction of sp³-hybridized carbons (Fsp3) is 0.143. The van der Waals surface area contributed by atoms with Gasteiger partial charge in [0.25, 0.3) is 0 Å². The Bertz CT molecular complexity index is 818. The Balaban J connectivity index is 0.00000109. The Labute approximate surface area is 152 Å². The summed E-state index contributed by atoms with van der Waals surface area (Å²) in [6.07, 6.45) is 1.69. The van der Waals surface area contributed by atoms with Crippen molar-refractivity contribution in [1.82, 2.24) is 4.90 Å². The molecule has 1 heterocycles. The zero-order chi connectivity index (χ0) is 18.6. The molecule has 0 unspecified atom stereocenters. The Morgan fingerprint density at radius 2 is 1.48 bits per heavy atom. The number of allylic oxidation sites excluding steroid dienone is 3. The number of halogens is 3. The van der Waals surface area contributed by atoms with Crippen LogP contribution < -0.4 is 0 Å². The first-order valence-electron chi connectivity index (χ1n) is 8.05. The minimum absolute atomic E-state index is 0.0876. The van der Waals surface area contributed by atoms with Crippen molar-refractivity contribution in [3.8, 4) is 0 Å². The van der Waals surface area contributed by atoms with Crippen LogP contribution in [-0.2, 0) is 0 Å². The van der Waals surface area contributed by atoms with E-state index in [4.69, 9.17) is 11.6 Å². The summed E-state index contributed by atoms with van der Waals surface area (Å²) < 4.78 is 28.7. The molecule has 3 rings (SSSR count). The zero-order valence-electron chi connectivity index (χ0n) is 14.5. The van der Waals surface area contributed by atoms with Crippen molar-refractivity contribution in [3.05, 3.63) is 94.7 Å². The maximum atomic E-state index is 14.3. The molecule has 1 aliphatic heterocycles. The average molecular weight is 360 g/mol. The van der Waals surface area contributed by atoms with Gasteiger partial charge in [0.15, 0.2) is 0 Å². The maximum Gasteiger partial charge on any atom is 0.135 e. The fourth-order valence-corrected chi connectivity index (χ4v) is 2.85. The Morgan fingerprint density at radius 3 is 2.04 bits per heavy atom. The van der Waals surface area contributed by atoms with E-state index in [1.54, 1.807) is 18.0 Å². The lowest BCUT2D eigenvalue weighted by atomic mass is 9.94. The predicted octanol–water partition coefficient (Wildman–Crippen LogP) is 6.44. The molecule has 2 aromatic rings. The van der Waals surface area contributed by atoms with Crippen LogP contribution in [0.4, 0.5) is 8.78 Å². The summed E-state index contributed by atoms with van der Waals surface area (Å²) in [7, 11) is 1.70. The topological polar surface area (TPSA) is 3.24 Å². The van der Waals surface area contributed by atoms with Crippen LogP contribution in [0.15, 0.2) is 71.9 Å². The molecular formula is C21H20ClF2N. The van der Waals surface area contributed by atoms with Gasteiger partial charge in [0.2, 0.25) is 0 Å². The number of rotatable bonds is 2. The monoisotopic (exact) mass is 359 g/mol. The second-order valence-electron chi connectivity index (χ2n) is 5.22. The minimum atomic E-state index is -0.625. The third-order valence-electron chi connectivity index (χ3n) is 3.83. The van der Waals surface area contributed by atoms with E-state index in [1.807, 2.05) is 44.2 Å². The maximum absolute atomic E-state index is 14.3. The van der Waals surface area contributed by atoms with Gasteiger partial charge in [0, 0.05) is 12.6 Å². The normalized spacial score (nSPS) is 14.1. The number of nitrogens with zero attached hydrogens (tertiary/aromatic N) is 1. The quantitative estimate of drug-likeness (QED) is 0.596. The molecule has 0 amide bonds. The van der Waals surface area contributed by atoms with E-state index in [0.717, 1.165) is 5.56 Å². The van der Waals surface area contributed by atoms with E-state index in [1.165, 1.54) is 18.2 Å². The highest BCUT2D eigenvalue weighted by molar-refractivity contribution is 6.33. The number of hydrogen-bond acceptors (Lipinski definition) is 1. The van der Waals surface area contributed by atoms with Crippen molar-refractivity contribution in [2.45, 2.75) is 13.8 Å². The molecule has 4 heteroatoms. The van der Waals surface area contributed by atoms with E-state index in [-0.39, 0.29) is 5.56 Å². The van der Waals surface area contributed by atoms with Gasteiger partial charge in [-0.05, 0) is 23.8 Å². The Kier molecular flexibility index (Phi) is 6.16. The molecule has 0 N–H and O–H groups in total. The van der Waals surface area contributed by atoms with Crippen LogP contribution in [0, 0.1) is 11.6 Å². The smallest absolute Gasteiger partial charge is 0.135 e. The average Bonchev–Trinajstić information content (AvgIpc) is 2.63. The summed E-state index contributed by atoms with van der Waals surface area (Å²) in [5.74, 6) is -1.25. The molecule has 25 heavy (non-hydrogen) atoms. The first-order chi connectivity index (χ1) is 12.0. The van der Waals surface area contributed by atoms with E-state index in [0.29, 0.717) is 22.0 Å². The van der Waals surface area contributed by atoms with Gasteiger partial charge >= 0.3 is 0 Å². The lowest BCUT2D eigenvalue weighted by Crippen LogP contribution is -2.22. The van der Waals surface area contributed by atoms with Gasteiger partial charge in [-0.15, -0.1) is 0 Å². The van der Waals surface area contributed by atoms with E-state index in [2.05, 4.69) is 6.58 Å². The molecule has 2 aromatic carbocycles. The summed E-state index contributed by atoms with van der Waals surface area (Å²) >= 11 is 6.24. The van der Waals surface area contributed by atoms with Gasteiger partial charge in [-0.2, -0.15) is 0 Å². The molecule has 0 fully saturated rings. The molecule has 1 nitrogen and oxygen atoms in total. The van der Waals surface area contributed by atoms with E-state index in [9.17, 15) is 8.78 Å². The van der Waals surface area contributed by atoms with Gasteiger partial charge in [0.05, 0.1) is 22.0 Å². The van der Waals surface area contributed by atoms with Crippen LogP contribution >= 0.6 is 11.6 Å². The number of hydrogen-bond donors (Lipinski definition) is 0. The highest BCUT2D eigenvalue weighted by Gasteiger charge is 2.27. The fourth-order valence-electron chi connectivity index (χ4n) is 2.62. The van der Waals surface area contributed by atoms with Crippen LogP contribution in [0.3, 0.4) is 0 Å². The largest absolute Gasteiger partial charge is 0.343 e. The minimum Gasteiger partial charge on any atom is -0.343 e. The van der Waals surface area contributed by atoms with Crippen molar-refractivity contribution in [2.24, 2.45) is 0 Å². The van der Waals surface area contributed by atoms with E-state index >= 15 is 0 Å². The molecule has 130 valence electrons. The highest BCUT2D eigenvalue weighted by atomic mass is 35.5. The van der Waals surface area contributed by atoms with Crippen LogP contribution in [0.1, 0.15) is 25.0 Å². The molecule has 0 saturated heterocycles. The van der Waals surface area contributed by atoms with Crippen LogP contribution in [0.5, 0.6) is 0 Å². The molecular weight excluding hydrogens is 340 g/mol. The van der Waals surface area contributed by atoms with Crippen molar-refractivity contribution in [3.63, 3.8) is 0 Å². The molecule has 0 aliphatic carbocycles. The SMILES string of the molecule is C=C1C(Cl)=CC(c2ccccc2)=C(c2c(F)cccc2F)N1C.CC. The molecule has 0 radical (unpaired) electrons. The van der Waals surface area contributed by atoms with E-state index < -0.39 is 11.6 Å². The van der Waals surface area contributed by atoms with Gasteiger partial charge in [-0.25, -0.2) is 8.78 Å². The molecule has 0 aromatic heterocycles. The summed E-state index contributed by atoms with van der Waals surface area (Å²) in [6, 6.07) is 13.2. The van der Waals surface area contributed by atoms with Gasteiger partial charge < -0.3 is 4.90 Å². The van der Waals surface area contributed by atoms with Gasteiger partial charge in [-0.1, -0.05) is 68.4 Å². The highest BCUT2D eigenvalue weighted by Crippen LogP contribution is 2.40. The molecule has 0 spiro atoms. The van der Waals surface area contributed by atoms with Crippen molar-refractivity contribution in [1.29, 1.82) is 0 Å². The molecule has 0 atom stereocenters.